The third-order valence-electron chi connectivity index (χ3n) is 8.15. The van der Waals surface area contributed by atoms with E-state index in [1.807, 2.05) is 0 Å². The third-order valence-corrected chi connectivity index (χ3v) is 8.15. The average Bonchev–Trinajstić information content (AvgIpc) is 2.84. The van der Waals surface area contributed by atoms with E-state index < -0.39 is 11.5 Å². The standard InChI is InChI=1S/C19H28O4/c1-18-8-7-13-11(12(18)5-6-16(18)22)9-15(21)14-3-2-4-17(23)19(13,14)10-20/h11-15,20-21H,2-10H2,1H3/t11-,12+,13-,14-,15+,18+,19+/m1/s1. The minimum Gasteiger partial charge on any atom is -0.395 e. The summed E-state index contributed by atoms with van der Waals surface area (Å²) in [4.78, 5) is 25.3. The number of carbonyl (C=O) groups is 2. The summed E-state index contributed by atoms with van der Waals surface area (Å²) >= 11 is 0. The molecule has 0 aliphatic heterocycles. The van der Waals surface area contributed by atoms with Gasteiger partial charge in [-0.25, -0.2) is 0 Å². The van der Waals surface area contributed by atoms with Crippen LogP contribution in [0.2, 0.25) is 0 Å². The fourth-order valence-corrected chi connectivity index (χ4v) is 6.99. The molecule has 4 saturated carbocycles. The second-order valence-electron chi connectivity index (χ2n) is 8.72. The Morgan fingerprint density at radius 3 is 2.57 bits per heavy atom. The molecule has 0 spiro atoms. The van der Waals surface area contributed by atoms with Gasteiger partial charge in [-0.1, -0.05) is 6.92 Å². The maximum atomic E-state index is 12.9. The van der Waals surface area contributed by atoms with Gasteiger partial charge in [0.05, 0.1) is 18.1 Å². The fraction of sp³-hybridized carbons (Fsp3) is 0.895. The van der Waals surface area contributed by atoms with E-state index >= 15 is 0 Å². The topological polar surface area (TPSA) is 74.6 Å². The van der Waals surface area contributed by atoms with E-state index in [2.05, 4.69) is 6.92 Å². The SMILES string of the molecule is C[C@]12CC[C@@H]3[C@H](C[C@H](O)[C@H]4CCCC(=O)[C@@]34CO)[C@@H]1CCC2=O. The number of hydrogen-bond acceptors (Lipinski definition) is 4. The molecule has 0 aromatic rings. The second-order valence-corrected chi connectivity index (χ2v) is 8.72. The zero-order valence-electron chi connectivity index (χ0n) is 14.0. The van der Waals surface area contributed by atoms with Crippen LogP contribution in [-0.2, 0) is 9.59 Å². The maximum absolute atomic E-state index is 12.9. The molecule has 0 unspecified atom stereocenters. The summed E-state index contributed by atoms with van der Waals surface area (Å²) in [7, 11) is 0. The molecular weight excluding hydrogens is 292 g/mol. The minimum atomic E-state index is -0.743. The van der Waals surface area contributed by atoms with E-state index in [0.717, 1.165) is 32.1 Å². The Morgan fingerprint density at radius 2 is 1.83 bits per heavy atom. The van der Waals surface area contributed by atoms with Gasteiger partial charge in [0, 0.05) is 18.3 Å². The highest BCUT2D eigenvalue weighted by atomic mass is 16.3. The van der Waals surface area contributed by atoms with Crippen molar-refractivity contribution in [2.45, 2.75) is 64.4 Å². The van der Waals surface area contributed by atoms with Gasteiger partial charge in [0.2, 0.25) is 0 Å². The first-order chi connectivity index (χ1) is 10.9. The molecular formula is C19H28O4. The molecule has 4 aliphatic carbocycles. The number of fused-ring (bicyclic) bond motifs is 5. The van der Waals surface area contributed by atoms with Crippen molar-refractivity contribution >= 4 is 11.6 Å². The molecule has 0 amide bonds. The Kier molecular flexibility index (Phi) is 3.51. The molecule has 4 fully saturated rings. The molecule has 0 saturated heterocycles. The highest BCUT2D eigenvalue weighted by molar-refractivity contribution is 5.88. The van der Waals surface area contributed by atoms with Gasteiger partial charge in [0.15, 0.2) is 0 Å². The van der Waals surface area contributed by atoms with Crippen LogP contribution in [0.5, 0.6) is 0 Å². The van der Waals surface area contributed by atoms with E-state index in [-0.39, 0.29) is 41.5 Å². The number of aliphatic hydroxyl groups is 2. The Balaban J connectivity index is 1.76. The summed E-state index contributed by atoms with van der Waals surface area (Å²) in [5.41, 5.74) is -1.00. The second kappa shape index (κ2) is 5.13. The van der Waals surface area contributed by atoms with Crippen molar-refractivity contribution in [3.05, 3.63) is 0 Å². The number of hydrogen-bond donors (Lipinski definition) is 2. The molecule has 4 rings (SSSR count). The minimum absolute atomic E-state index is 0.0866. The van der Waals surface area contributed by atoms with Crippen molar-refractivity contribution in [3.8, 4) is 0 Å². The van der Waals surface area contributed by atoms with Crippen LogP contribution in [0.15, 0.2) is 0 Å². The molecule has 0 bridgehead atoms. The van der Waals surface area contributed by atoms with E-state index in [1.165, 1.54) is 0 Å². The van der Waals surface area contributed by atoms with Gasteiger partial charge in [-0.15, -0.1) is 0 Å². The lowest BCUT2D eigenvalue weighted by molar-refractivity contribution is -0.185. The lowest BCUT2D eigenvalue weighted by atomic mass is 9.44. The number of ketones is 2. The van der Waals surface area contributed by atoms with Gasteiger partial charge < -0.3 is 10.2 Å². The zero-order valence-corrected chi connectivity index (χ0v) is 14.0. The van der Waals surface area contributed by atoms with Gasteiger partial charge in [-0.3, -0.25) is 9.59 Å². The van der Waals surface area contributed by atoms with Crippen LogP contribution in [-0.4, -0.2) is 34.5 Å². The molecule has 23 heavy (non-hydrogen) atoms. The summed E-state index contributed by atoms with van der Waals surface area (Å²) in [5.74, 6) is 1.08. The van der Waals surface area contributed by atoms with Crippen LogP contribution in [0.4, 0.5) is 0 Å². The van der Waals surface area contributed by atoms with Crippen LogP contribution in [0.3, 0.4) is 0 Å². The molecule has 0 heterocycles. The molecule has 4 nitrogen and oxygen atoms in total. The summed E-state index contributed by atoms with van der Waals surface area (Å²) in [6.45, 7) is 1.96. The van der Waals surface area contributed by atoms with Crippen molar-refractivity contribution in [3.63, 3.8) is 0 Å². The van der Waals surface area contributed by atoms with Crippen LogP contribution < -0.4 is 0 Å². The first-order valence-corrected chi connectivity index (χ1v) is 9.30. The molecule has 4 heteroatoms. The Labute approximate surface area is 137 Å². The molecule has 128 valence electrons. The molecule has 0 aromatic heterocycles. The number of rotatable bonds is 1. The zero-order chi connectivity index (χ0) is 16.4. The largest absolute Gasteiger partial charge is 0.395 e. The monoisotopic (exact) mass is 320 g/mol. The van der Waals surface area contributed by atoms with Crippen LogP contribution in [0, 0.1) is 34.5 Å². The summed E-state index contributed by atoms with van der Waals surface area (Å²) in [5, 5.41) is 21.0. The summed E-state index contributed by atoms with van der Waals surface area (Å²) in [6, 6.07) is 0. The Bertz CT molecular complexity index is 543. The van der Waals surface area contributed by atoms with E-state index in [4.69, 9.17) is 0 Å². The number of carbonyl (C=O) groups excluding carboxylic acids is 2. The van der Waals surface area contributed by atoms with Gasteiger partial charge in [-0.2, -0.15) is 0 Å². The van der Waals surface area contributed by atoms with Crippen molar-refractivity contribution in [2.75, 3.05) is 6.61 Å². The van der Waals surface area contributed by atoms with Gasteiger partial charge in [-0.05, 0) is 62.2 Å². The normalized spacial score (nSPS) is 52.7. The number of Topliss-reactive ketones (excluding diaryl/α,β-unsaturated/α-hetero) is 2. The maximum Gasteiger partial charge on any atom is 0.142 e. The van der Waals surface area contributed by atoms with Crippen molar-refractivity contribution < 1.29 is 19.8 Å². The number of aliphatic hydroxyl groups excluding tert-OH is 2. The first kappa shape index (κ1) is 15.8. The predicted octanol–water partition coefficient (Wildman–Crippen LogP) is 2.11. The molecule has 7 atom stereocenters. The lowest BCUT2D eigenvalue weighted by Gasteiger charge is -2.60. The van der Waals surface area contributed by atoms with Gasteiger partial charge in [0.25, 0.3) is 0 Å². The average molecular weight is 320 g/mol. The Morgan fingerprint density at radius 1 is 1.04 bits per heavy atom. The van der Waals surface area contributed by atoms with Gasteiger partial charge in [0.1, 0.15) is 11.6 Å². The first-order valence-electron chi connectivity index (χ1n) is 9.30. The lowest BCUT2D eigenvalue weighted by Crippen LogP contribution is -2.62. The predicted molar refractivity (Wildman–Crippen MR) is 84.5 cm³/mol. The molecule has 4 aliphatic rings. The quantitative estimate of drug-likeness (QED) is 0.776. The van der Waals surface area contributed by atoms with Crippen LogP contribution in [0.1, 0.15) is 58.3 Å². The summed E-state index contributed by atoms with van der Waals surface area (Å²) in [6.07, 6.45) is 5.63. The van der Waals surface area contributed by atoms with E-state index in [0.29, 0.717) is 25.0 Å². The highest BCUT2D eigenvalue weighted by Gasteiger charge is 2.65. The highest BCUT2D eigenvalue weighted by Crippen LogP contribution is 2.64. The van der Waals surface area contributed by atoms with Crippen molar-refractivity contribution in [1.82, 2.24) is 0 Å². The third kappa shape index (κ3) is 1.85. The van der Waals surface area contributed by atoms with Crippen molar-refractivity contribution in [2.24, 2.45) is 34.5 Å². The van der Waals surface area contributed by atoms with E-state index in [1.54, 1.807) is 0 Å². The smallest absolute Gasteiger partial charge is 0.142 e. The Hall–Kier alpha value is -0.740. The summed E-state index contributed by atoms with van der Waals surface area (Å²) < 4.78 is 0. The molecule has 0 radical (unpaired) electrons. The van der Waals surface area contributed by atoms with Crippen molar-refractivity contribution in [1.29, 1.82) is 0 Å². The van der Waals surface area contributed by atoms with E-state index in [9.17, 15) is 19.8 Å². The fourth-order valence-electron chi connectivity index (χ4n) is 6.99. The van der Waals surface area contributed by atoms with Gasteiger partial charge >= 0.3 is 0 Å². The van der Waals surface area contributed by atoms with Crippen LogP contribution in [0.25, 0.3) is 0 Å². The molecule has 0 aromatic carbocycles. The van der Waals surface area contributed by atoms with Crippen LogP contribution >= 0.6 is 0 Å². The molecule has 2 N–H and O–H groups in total.